The van der Waals surface area contributed by atoms with E-state index >= 15 is 0 Å². The van der Waals surface area contributed by atoms with Crippen LogP contribution in [0, 0.1) is 12.3 Å². The summed E-state index contributed by atoms with van der Waals surface area (Å²) in [7, 11) is 1.64. The Labute approximate surface area is 168 Å². The predicted octanol–water partition coefficient (Wildman–Crippen LogP) is 4.89. The molecular weight excluding hydrogens is 370 g/mol. The number of thiazole rings is 1. The number of aliphatic hydroxyl groups excluding tert-OH is 1. The lowest BCUT2D eigenvalue weighted by molar-refractivity contribution is 0.341. The molecule has 6 heteroatoms. The van der Waals surface area contributed by atoms with Gasteiger partial charge in [-0.25, -0.2) is 4.98 Å². The molecule has 0 radical (unpaired) electrons. The molecule has 0 saturated heterocycles. The molecule has 0 fully saturated rings. The maximum Gasteiger partial charge on any atom is 0.135 e. The molecule has 3 aromatic rings. The van der Waals surface area contributed by atoms with E-state index in [9.17, 15) is 5.11 Å². The molecule has 2 aromatic carbocycles. The Morgan fingerprint density at radius 3 is 2.68 bits per heavy atom. The first kappa shape index (κ1) is 18.3. The van der Waals surface area contributed by atoms with Gasteiger partial charge in [0, 0.05) is 23.1 Å². The van der Waals surface area contributed by atoms with Gasteiger partial charge >= 0.3 is 0 Å². The van der Waals surface area contributed by atoms with E-state index in [2.05, 4.69) is 24.0 Å². The first-order valence-corrected chi connectivity index (χ1v) is 9.85. The highest BCUT2D eigenvalue weighted by Crippen LogP contribution is 2.33. The van der Waals surface area contributed by atoms with E-state index in [1.807, 2.05) is 46.7 Å². The van der Waals surface area contributed by atoms with E-state index in [1.54, 1.807) is 7.11 Å². The summed E-state index contributed by atoms with van der Waals surface area (Å²) in [5.74, 6) is 1.25. The number of amidine groups is 1. The molecule has 142 valence electrons. The zero-order valence-electron chi connectivity index (χ0n) is 15.8. The smallest absolute Gasteiger partial charge is 0.135 e. The summed E-state index contributed by atoms with van der Waals surface area (Å²) >= 11 is 1.45. The molecule has 2 N–H and O–H groups in total. The molecule has 1 aliphatic heterocycles. The minimum absolute atomic E-state index is 0.185. The van der Waals surface area contributed by atoms with Crippen LogP contribution in [0.3, 0.4) is 0 Å². The second-order valence-corrected chi connectivity index (χ2v) is 7.60. The lowest BCUT2D eigenvalue weighted by atomic mass is 10.1. The second-order valence-electron chi connectivity index (χ2n) is 6.74. The van der Waals surface area contributed by atoms with Crippen molar-refractivity contribution in [3.8, 4) is 17.0 Å². The van der Waals surface area contributed by atoms with Gasteiger partial charge in [0.25, 0.3) is 0 Å². The molecule has 28 heavy (non-hydrogen) atoms. The zero-order valence-corrected chi connectivity index (χ0v) is 16.6. The summed E-state index contributed by atoms with van der Waals surface area (Å²) in [6.45, 7) is 2.84. The van der Waals surface area contributed by atoms with Gasteiger partial charge in [-0.3, -0.25) is 5.41 Å². The van der Waals surface area contributed by atoms with Gasteiger partial charge in [0.15, 0.2) is 0 Å². The van der Waals surface area contributed by atoms with Crippen LogP contribution in [0.2, 0.25) is 0 Å². The van der Waals surface area contributed by atoms with Crippen molar-refractivity contribution >= 4 is 22.7 Å². The van der Waals surface area contributed by atoms with Gasteiger partial charge in [0.1, 0.15) is 22.4 Å². The standard InChI is InChI=1S/C22H21N3O2S/c1-14-7-9-15(10-8-14)17-13-28-22(24-17)20-18(26)12-25(21(20)23)11-16-5-3-4-6-19(16)27-2/h3-10,13,23,26H,11-12H2,1-2H3. The number of para-hydroxylation sites is 1. The summed E-state index contributed by atoms with van der Waals surface area (Å²) in [4.78, 5) is 6.51. The van der Waals surface area contributed by atoms with E-state index in [0.29, 0.717) is 23.7 Å². The fraction of sp³-hybridized carbons (Fsp3) is 0.182. The van der Waals surface area contributed by atoms with Crippen molar-refractivity contribution in [3.05, 3.63) is 75.8 Å². The van der Waals surface area contributed by atoms with Crippen LogP contribution >= 0.6 is 11.3 Å². The maximum atomic E-state index is 10.5. The van der Waals surface area contributed by atoms with Gasteiger partial charge in [-0.1, -0.05) is 48.0 Å². The third kappa shape index (κ3) is 3.39. The number of hydrogen-bond donors (Lipinski definition) is 2. The number of ether oxygens (including phenoxy) is 1. The Kier molecular flexibility index (Phi) is 4.88. The molecule has 0 atom stereocenters. The predicted molar refractivity (Wildman–Crippen MR) is 113 cm³/mol. The van der Waals surface area contributed by atoms with Crippen molar-refractivity contribution < 1.29 is 9.84 Å². The van der Waals surface area contributed by atoms with E-state index in [1.165, 1.54) is 16.9 Å². The number of aliphatic hydroxyl groups is 1. The quantitative estimate of drug-likeness (QED) is 0.650. The molecule has 1 aliphatic rings. The van der Waals surface area contributed by atoms with Gasteiger partial charge in [-0.15, -0.1) is 11.3 Å². The van der Waals surface area contributed by atoms with Crippen LogP contribution in [0.15, 0.2) is 59.7 Å². The number of hydrogen-bond acceptors (Lipinski definition) is 5. The number of aromatic nitrogens is 1. The number of rotatable bonds is 5. The number of nitrogens with zero attached hydrogens (tertiary/aromatic N) is 2. The van der Waals surface area contributed by atoms with E-state index < -0.39 is 0 Å². The lowest BCUT2D eigenvalue weighted by Gasteiger charge is -2.20. The topological polar surface area (TPSA) is 69.4 Å². The number of benzene rings is 2. The minimum Gasteiger partial charge on any atom is -0.510 e. The van der Waals surface area contributed by atoms with E-state index in [4.69, 9.17) is 10.1 Å². The number of aryl methyl sites for hydroxylation is 1. The van der Waals surface area contributed by atoms with Crippen molar-refractivity contribution in [1.29, 1.82) is 5.41 Å². The second kappa shape index (κ2) is 7.48. The largest absolute Gasteiger partial charge is 0.510 e. The molecule has 1 aromatic heterocycles. The summed E-state index contributed by atoms with van der Waals surface area (Å²) < 4.78 is 5.41. The van der Waals surface area contributed by atoms with E-state index in [0.717, 1.165) is 22.6 Å². The highest BCUT2D eigenvalue weighted by atomic mass is 32.1. The highest BCUT2D eigenvalue weighted by molar-refractivity contribution is 7.11. The van der Waals surface area contributed by atoms with Gasteiger partial charge < -0.3 is 14.7 Å². The molecule has 0 bridgehead atoms. The van der Waals surface area contributed by atoms with Gasteiger partial charge in [-0.05, 0) is 13.0 Å². The normalized spacial score (nSPS) is 14.1. The van der Waals surface area contributed by atoms with Crippen molar-refractivity contribution in [1.82, 2.24) is 9.88 Å². The number of methoxy groups -OCH3 is 1. The molecule has 0 saturated carbocycles. The van der Waals surface area contributed by atoms with Crippen LogP contribution in [0.25, 0.3) is 16.8 Å². The molecule has 4 rings (SSSR count). The molecular formula is C22H21N3O2S. The first-order chi connectivity index (χ1) is 13.6. The Hall–Kier alpha value is -3.12. The summed E-state index contributed by atoms with van der Waals surface area (Å²) in [5.41, 5.74) is 4.57. The van der Waals surface area contributed by atoms with Gasteiger partial charge in [0.2, 0.25) is 0 Å². The summed E-state index contributed by atoms with van der Waals surface area (Å²) in [5, 5.41) is 21.8. The Morgan fingerprint density at radius 2 is 1.93 bits per heavy atom. The van der Waals surface area contributed by atoms with Gasteiger partial charge in [0.05, 0.1) is 24.9 Å². The average Bonchev–Trinajstić information content (AvgIpc) is 3.27. The van der Waals surface area contributed by atoms with E-state index in [-0.39, 0.29) is 11.6 Å². The fourth-order valence-electron chi connectivity index (χ4n) is 3.28. The van der Waals surface area contributed by atoms with Crippen molar-refractivity contribution in [2.45, 2.75) is 13.5 Å². The third-order valence-electron chi connectivity index (χ3n) is 4.80. The van der Waals surface area contributed by atoms with Crippen molar-refractivity contribution in [2.75, 3.05) is 13.7 Å². The molecule has 5 nitrogen and oxygen atoms in total. The van der Waals surface area contributed by atoms with Crippen LogP contribution in [0.1, 0.15) is 16.1 Å². The van der Waals surface area contributed by atoms with Gasteiger partial charge in [-0.2, -0.15) is 0 Å². The first-order valence-electron chi connectivity index (χ1n) is 8.97. The Balaban J connectivity index is 1.57. The fourth-order valence-corrected chi connectivity index (χ4v) is 4.17. The van der Waals surface area contributed by atoms with Crippen molar-refractivity contribution in [3.63, 3.8) is 0 Å². The monoisotopic (exact) mass is 391 g/mol. The van der Waals surface area contributed by atoms with Crippen LogP contribution in [0.5, 0.6) is 5.75 Å². The Morgan fingerprint density at radius 1 is 1.18 bits per heavy atom. The molecule has 2 heterocycles. The minimum atomic E-state index is 0.185. The lowest BCUT2D eigenvalue weighted by Crippen LogP contribution is -2.26. The van der Waals surface area contributed by atoms with Crippen LogP contribution in [0.4, 0.5) is 0 Å². The number of nitrogens with one attached hydrogen (secondary N) is 1. The highest BCUT2D eigenvalue weighted by Gasteiger charge is 2.30. The maximum absolute atomic E-state index is 10.5. The summed E-state index contributed by atoms with van der Waals surface area (Å²) in [6.07, 6.45) is 0. The zero-order chi connectivity index (χ0) is 19.7. The van der Waals surface area contributed by atoms with Crippen molar-refractivity contribution in [2.24, 2.45) is 0 Å². The van der Waals surface area contributed by atoms with Crippen LogP contribution in [-0.2, 0) is 6.54 Å². The molecule has 0 unspecified atom stereocenters. The summed E-state index contributed by atoms with van der Waals surface area (Å²) in [6, 6.07) is 15.9. The molecule has 0 spiro atoms. The SMILES string of the molecule is COc1ccccc1CN1CC(O)=C(c2nc(-c3ccc(C)cc3)cs2)C1=N. The third-order valence-corrected chi connectivity index (χ3v) is 5.66. The molecule has 0 amide bonds. The van der Waals surface area contributed by atoms with Crippen LogP contribution < -0.4 is 4.74 Å². The Bertz CT molecular complexity index is 1050. The average molecular weight is 391 g/mol. The van der Waals surface area contributed by atoms with Crippen LogP contribution in [-0.4, -0.2) is 34.5 Å². The molecule has 0 aliphatic carbocycles.